The second-order valence-corrected chi connectivity index (χ2v) is 7.07. The Morgan fingerprint density at radius 1 is 1.24 bits per heavy atom. The normalized spacial score (nSPS) is 10.8. The molecular weight excluding hydrogens is 400 g/mol. The molecule has 0 aliphatic carbocycles. The number of halogens is 1. The van der Waals surface area contributed by atoms with E-state index in [9.17, 15) is 9.90 Å². The highest BCUT2D eigenvalue weighted by atomic mass is 79.9. The molecule has 2 rings (SSSR count). The maximum Gasteiger partial charge on any atom is 0.250 e. The Morgan fingerprint density at radius 3 is 2.76 bits per heavy atom. The van der Waals surface area contributed by atoms with Crippen molar-refractivity contribution >= 4 is 39.8 Å². The van der Waals surface area contributed by atoms with Crippen LogP contribution in [-0.4, -0.2) is 23.0 Å². The number of carbonyl (C=O) groups is 1. The van der Waals surface area contributed by atoms with Crippen molar-refractivity contribution in [3.8, 4) is 5.75 Å². The second-order valence-electron chi connectivity index (χ2n) is 5.23. The van der Waals surface area contributed by atoms with Crippen molar-refractivity contribution in [3.05, 3.63) is 76.3 Å². The Kier molecular flexibility index (Phi) is 7.76. The predicted molar refractivity (Wildman–Crippen MR) is 108 cm³/mol. The van der Waals surface area contributed by atoms with Gasteiger partial charge in [-0.05, 0) is 29.7 Å². The number of phenols is 1. The molecular formula is C19H19BrN2O2S. The second kappa shape index (κ2) is 10.1. The van der Waals surface area contributed by atoms with Crippen LogP contribution in [0.3, 0.4) is 0 Å². The average Bonchev–Trinajstić information content (AvgIpc) is 2.60. The molecule has 0 unspecified atom stereocenters. The van der Waals surface area contributed by atoms with E-state index in [1.54, 1.807) is 12.1 Å². The lowest BCUT2D eigenvalue weighted by Crippen LogP contribution is -2.19. The van der Waals surface area contributed by atoms with Gasteiger partial charge in [0.25, 0.3) is 0 Å². The number of thioether (sulfide) groups is 1. The van der Waals surface area contributed by atoms with Crippen LogP contribution in [0.2, 0.25) is 0 Å². The van der Waals surface area contributed by atoms with Crippen LogP contribution >= 0.6 is 27.7 Å². The van der Waals surface area contributed by atoms with Crippen LogP contribution in [0.4, 0.5) is 0 Å². The fourth-order valence-electron chi connectivity index (χ4n) is 2.11. The molecule has 0 bridgehead atoms. The molecule has 0 atom stereocenters. The summed E-state index contributed by atoms with van der Waals surface area (Å²) >= 11 is 5.00. The van der Waals surface area contributed by atoms with E-state index in [1.165, 1.54) is 18.0 Å². The Labute approximate surface area is 160 Å². The van der Waals surface area contributed by atoms with Crippen LogP contribution in [0.25, 0.3) is 0 Å². The summed E-state index contributed by atoms with van der Waals surface area (Å²) in [5.41, 5.74) is 4.95. The fourth-order valence-corrected chi connectivity index (χ4v) is 3.55. The van der Waals surface area contributed by atoms with Gasteiger partial charge >= 0.3 is 0 Å². The van der Waals surface area contributed by atoms with Gasteiger partial charge in [-0.3, -0.25) is 4.79 Å². The minimum Gasteiger partial charge on any atom is -0.507 e. The number of rotatable bonds is 8. The molecule has 0 radical (unpaired) electrons. The Hall–Kier alpha value is -2.05. The van der Waals surface area contributed by atoms with Gasteiger partial charge in [0.1, 0.15) is 5.75 Å². The molecule has 1 amide bonds. The highest BCUT2D eigenvalue weighted by Gasteiger charge is 2.05. The molecule has 2 aromatic rings. The van der Waals surface area contributed by atoms with Gasteiger partial charge in [-0.15, -0.1) is 18.3 Å². The molecule has 0 aliphatic rings. The largest absolute Gasteiger partial charge is 0.507 e. The van der Waals surface area contributed by atoms with E-state index in [0.717, 1.165) is 21.4 Å². The topological polar surface area (TPSA) is 61.7 Å². The van der Waals surface area contributed by atoms with E-state index in [0.29, 0.717) is 17.7 Å². The molecule has 2 N–H and O–H groups in total. The minimum atomic E-state index is -0.185. The van der Waals surface area contributed by atoms with Gasteiger partial charge in [0.2, 0.25) is 5.91 Å². The van der Waals surface area contributed by atoms with Crippen LogP contribution in [0.1, 0.15) is 16.7 Å². The number of aromatic hydroxyl groups is 1. The molecule has 0 heterocycles. The zero-order valence-electron chi connectivity index (χ0n) is 13.6. The number of benzene rings is 2. The Morgan fingerprint density at radius 2 is 2.00 bits per heavy atom. The van der Waals surface area contributed by atoms with Crippen molar-refractivity contribution in [1.82, 2.24) is 5.43 Å². The summed E-state index contributed by atoms with van der Waals surface area (Å²) in [6, 6.07) is 13.3. The smallest absolute Gasteiger partial charge is 0.250 e. The summed E-state index contributed by atoms with van der Waals surface area (Å²) < 4.78 is 1.04. The first-order chi connectivity index (χ1) is 12.1. The quantitative estimate of drug-likeness (QED) is 0.382. The molecule has 0 aromatic heterocycles. The molecule has 0 saturated carbocycles. The van der Waals surface area contributed by atoms with Crippen LogP contribution in [0.15, 0.2) is 64.7 Å². The van der Waals surface area contributed by atoms with Crippen molar-refractivity contribution in [3.63, 3.8) is 0 Å². The molecule has 130 valence electrons. The molecule has 2 aromatic carbocycles. The molecule has 0 saturated heterocycles. The average molecular weight is 419 g/mol. The predicted octanol–water partition coefficient (Wildman–Crippen LogP) is 4.27. The number of nitrogens with one attached hydrogen (secondary N) is 1. The van der Waals surface area contributed by atoms with Crippen molar-refractivity contribution in [2.24, 2.45) is 5.10 Å². The summed E-state index contributed by atoms with van der Waals surface area (Å²) in [6.45, 7) is 3.66. The number of hydrogen-bond acceptors (Lipinski definition) is 4. The van der Waals surface area contributed by atoms with E-state index in [-0.39, 0.29) is 11.7 Å². The number of nitrogens with zero attached hydrogens (tertiary/aromatic N) is 1. The Bertz CT molecular complexity index is 778. The van der Waals surface area contributed by atoms with E-state index in [2.05, 4.69) is 33.0 Å². The molecule has 25 heavy (non-hydrogen) atoms. The van der Waals surface area contributed by atoms with Crippen LogP contribution < -0.4 is 5.43 Å². The number of hydrogen-bond donors (Lipinski definition) is 2. The number of amides is 1. The number of allylic oxidation sites excluding steroid dienone is 1. The molecule has 0 aliphatic heterocycles. The lowest BCUT2D eigenvalue weighted by atomic mass is 10.1. The van der Waals surface area contributed by atoms with E-state index >= 15 is 0 Å². The van der Waals surface area contributed by atoms with Gasteiger partial charge in [0, 0.05) is 15.8 Å². The summed E-state index contributed by atoms with van der Waals surface area (Å²) in [7, 11) is 0. The van der Waals surface area contributed by atoms with E-state index in [4.69, 9.17) is 0 Å². The monoisotopic (exact) mass is 418 g/mol. The minimum absolute atomic E-state index is 0.156. The molecule has 4 nitrogen and oxygen atoms in total. The van der Waals surface area contributed by atoms with Crippen LogP contribution in [0.5, 0.6) is 5.75 Å². The number of carbonyl (C=O) groups excluding carboxylic acids is 1. The first-order valence-corrected chi connectivity index (χ1v) is 9.61. The zero-order valence-corrected chi connectivity index (χ0v) is 16.0. The SMILES string of the molecule is C=CCc1cccc(C=NNC(=O)CSCc2ccccc2Br)c1O. The zero-order chi connectivity index (χ0) is 18.1. The van der Waals surface area contributed by atoms with Gasteiger partial charge < -0.3 is 5.11 Å². The first-order valence-electron chi connectivity index (χ1n) is 7.66. The lowest BCUT2D eigenvalue weighted by Gasteiger charge is -2.05. The molecule has 0 fully saturated rings. The van der Waals surface area contributed by atoms with Crippen molar-refractivity contribution in [2.75, 3.05) is 5.75 Å². The summed E-state index contributed by atoms with van der Waals surface area (Å²) in [5.74, 6) is 1.02. The Balaban J connectivity index is 1.82. The van der Waals surface area contributed by atoms with Crippen molar-refractivity contribution in [1.29, 1.82) is 0 Å². The van der Waals surface area contributed by atoms with Gasteiger partial charge in [0.15, 0.2) is 0 Å². The van der Waals surface area contributed by atoms with Crippen molar-refractivity contribution < 1.29 is 9.90 Å². The number of hydrazone groups is 1. The summed E-state index contributed by atoms with van der Waals surface area (Å²) in [5, 5.41) is 14.0. The standard InChI is InChI=1S/C19H19BrN2O2S/c1-2-6-14-8-5-9-15(19(14)24)11-21-22-18(23)13-25-12-16-7-3-4-10-17(16)20/h2-5,7-11,24H,1,6,12-13H2,(H,22,23). The van der Waals surface area contributed by atoms with Gasteiger partial charge in [0.05, 0.1) is 12.0 Å². The fraction of sp³-hybridized carbons (Fsp3) is 0.158. The highest BCUT2D eigenvalue weighted by molar-refractivity contribution is 9.10. The molecule has 0 spiro atoms. The van der Waals surface area contributed by atoms with Crippen LogP contribution in [-0.2, 0) is 17.0 Å². The molecule has 6 heteroatoms. The maximum absolute atomic E-state index is 11.8. The third-order valence-electron chi connectivity index (χ3n) is 3.36. The van der Waals surface area contributed by atoms with Gasteiger partial charge in [-0.25, -0.2) is 5.43 Å². The van der Waals surface area contributed by atoms with E-state index < -0.39 is 0 Å². The maximum atomic E-state index is 11.8. The number of phenolic OH excluding ortho intramolecular Hbond substituents is 1. The van der Waals surface area contributed by atoms with Crippen LogP contribution in [0, 0.1) is 0 Å². The third kappa shape index (κ3) is 6.07. The number of para-hydroxylation sites is 1. The first kappa shape index (κ1) is 19.3. The summed E-state index contributed by atoms with van der Waals surface area (Å²) in [6.07, 6.45) is 3.74. The third-order valence-corrected chi connectivity index (χ3v) is 5.11. The van der Waals surface area contributed by atoms with Gasteiger partial charge in [-0.1, -0.05) is 52.3 Å². The highest BCUT2D eigenvalue weighted by Crippen LogP contribution is 2.22. The van der Waals surface area contributed by atoms with Gasteiger partial charge in [-0.2, -0.15) is 5.10 Å². The lowest BCUT2D eigenvalue weighted by molar-refractivity contribution is -0.118. The summed E-state index contributed by atoms with van der Waals surface area (Å²) in [4.78, 5) is 11.8. The van der Waals surface area contributed by atoms with E-state index in [1.807, 2.05) is 36.4 Å². The van der Waals surface area contributed by atoms with Crippen molar-refractivity contribution in [2.45, 2.75) is 12.2 Å².